The van der Waals surface area contributed by atoms with Gasteiger partial charge < -0.3 is 15.1 Å². The lowest BCUT2D eigenvalue weighted by Crippen LogP contribution is -2.49. The molecular weight excluding hydrogens is 410 g/mol. The molecular formula is C21H28ClN3O3S. The number of thioether (sulfide) groups is 1. The van der Waals surface area contributed by atoms with Crippen molar-refractivity contribution < 1.29 is 14.4 Å². The summed E-state index contributed by atoms with van der Waals surface area (Å²) < 4.78 is 0. The van der Waals surface area contributed by atoms with Crippen molar-refractivity contribution in [2.24, 2.45) is 0 Å². The Balaban J connectivity index is 1.39. The number of hydrogen-bond acceptors (Lipinski definition) is 4. The van der Waals surface area contributed by atoms with E-state index in [0.29, 0.717) is 34.7 Å². The molecule has 1 saturated heterocycles. The van der Waals surface area contributed by atoms with Gasteiger partial charge in [0.05, 0.1) is 16.3 Å². The van der Waals surface area contributed by atoms with Gasteiger partial charge in [-0.2, -0.15) is 11.8 Å². The standard InChI is InChI=1S/C21H28ClN3O3S/c1-15(26)24-11-8-17(9-12-24)25(16-6-7-16)20(27)14-29-13-10-23-21(28)18-4-2-3-5-19(18)22/h2-5,16-17H,6-14H2,1H3,(H,23,28). The molecule has 0 unspecified atom stereocenters. The highest BCUT2D eigenvalue weighted by atomic mass is 35.5. The SMILES string of the molecule is CC(=O)N1CCC(N(C(=O)CSCCNC(=O)c2ccccc2Cl)C2CC2)CC1. The van der Waals surface area contributed by atoms with Crippen LogP contribution in [0.4, 0.5) is 0 Å². The normalized spacial score (nSPS) is 17.1. The molecule has 2 aliphatic rings. The third-order valence-corrected chi connectivity index (χ3v) is 6.68. The van der Waals surface area contributed by atoms with Crippen molar-refractivity contribution >= 4 is 41.1 Å². The molecule has 8 heteroatoms. The second-order valence-corrected chi connectivity index (χ2v) is 9.07. The minimum atomic E-state index is -0.195. The lowest BCUT2D eigenvalue weighted by Gasteiger charge is -2.38. The first-order chi connectivity index (χ1) is 14.0. The number of benzene rings is 1. The van der Waals surface area contributed by atoms with Gasteiger partial charge in [-0.25, -0.2) is 0 Å². The number of amides is 3. The van der Waals surface area contributed by atoms with Gasteiger partial charge in [0.25, 0.3) is 5.91 Å². The van der Waals surface area contributed by atoms with Gasteiger partial charge >= 0.3 is 0 Å². The van der Waals surface area contributed by atoms with Gasteiger partial charge in [0.2, 0.25) is 11.8 Å². The number of rotatable bonds is 8. The molecule has 0 bridgehead atoms. The Morgan fingerprint density at radius 1 is 1.14 bits per heavy atom. The lowest BCUT2D eigenvalue weighted by atomic mass is 10.0. The van der Waals surface area contributed by atoms with Crippen molar-refractivity contribution in [3.05, 3.63) is 34.9 Å². The van der Waals surface area contributed by atoms with Crippen LogP contribution in [0.1, 0.15) is 43.0 Å². The van der Waals surface area contributed by atoms with Crippen LogP contribution in [0.25, 0.3) is 0 Å². The summed E-state index contributed by atoms with van der Waals surface area (Å²) in [5, 5.41) is 3.28. The first-order valence-electron chi connectivity index (χ1n) is 10.1. The quantitative estimate of drug-likeness (QED) is 0.635. The zero-order chi connectivity index (χ0) is 20.8. The molecule has 3 rings (SSSR count). The molecule has 1 N–H and O–H groups in total. The fourth-order valence-electron chi connectivity index (χ4n) is 3.73. The van der Waals surface area contributed by atoms with Crippen molar-refractivity contribution in [3.8, 4) is 0 Å². The summed E-state index contributed by atoms with van der Waals surface area (Å²) in [6, 6.07) is 7.57. The number of hydrogen-bond donors (Lipinski definition) is 1. The van der Waals surface area contributed by atoms with Crippen LogP contribution in [0.5, 0.6) is 0 Å². The van der Waals surface area contributed by atoms with Gasteiger partial charge in [0, 0.05) is 44.4 Å². The lowest BCUT2D eigenvalue weighted by molar-refractivity contribution is -0.134. The molecule has 158 valence electrons. The topological polar surface area (TPSA) is 69.7 Å². The summed E-state index contributed by atoms with van der Waals surface area (Å²) in [6.45, 7) is 3.56. The predicted octanol–water partition coefficient (Wildman–Crippen LogP) is 2.80. The van der Waals surface area contributed by atoms with E-state index >= 15 is 0 Å². The Kier molecular flexibility index (Phi) is 7.84. The summed E-state index contributed by atoms with van der Waals surface area (Å²) in [6.07, 6.45) is 3.88. The average Bonchev–Trinajstić information content (AvgIpc) is 3.53. The van der Waals surface area contributed by atoms with Gasteiger partial charge in [-0.05, 0) is 37.8 Å². The Labute approximate surface area is 181 Å². The fraction of sp³-hybridized carbons (Fsp3) is 0.571. The third kappa shape index (κ3) is 6.12. The monoisotopic (exact) mass is 437 g/mol. The molecule has 0 radical (unpaired) electrons. The highest BCUT2D eigenvalue weighted by molar-refractivity contribution is 7.99. The number of nitrogens with one attached hydrogen (secondary N) is 1. The van der Waals surface area contributed by atoms with Gasteiger partial charge in [-0.1, -0.05) is 23.7 Å². The largest absolute Gasteiger partial charge is 0.351 e. The van der Waals surface area contributed by atoms with Crippen LogP contribution in [0.15, 0.2) is 24.3 Å². The Bertz CT molecular complexity index is 748. The zero-order valence-electron chi connectivity index (χ0n) is 16.7. The molecule has 3 amide bonds. The second kappa shape index (κ2) is 10.3. The fourth-order valence-corrected chi connectivity index (χ4v) is 4.66. The van der Waals surface area contributed by atoms with Gasteiger partial charge in [-0.3, -0.25) is 14.4 Å². The molecule has 1 aliphatic heterocycles. The first-order valence-corrected chi connectivity index (χ1v) is 11.7. The van der Waals surface area contributed by atoms with E-state index in [1.807, 2.05) is 4.90 Å². The average molecular weight is 438 g/mol. The minimum Gasteiger partial charge on any atom is -0.351 e. The molecule has 0 aromatic heterocycles. The number of nitrogens with zero attached hydrogens (tertiary/aromatic N) is 2. The van der Waals surface area contributed by atoms with Crippen molar-refractivity contribution in [2.75, 3.05) is 31.1 Å². The van der Waals surface area contributed by atoms with Crippen molar-refractivity contribution in [3.63, 3.8) is 0 Å². The van der Waals surface area contributed by atoms with E-state index < -0.39 is 0 Å². The molecule has 1 aromatic carbocycles. The summed E-state index contributed by atoms with van der Waals surface area (Å²) in [5.41, 5.74) is 0.465. The summed E-state index contributed by atoms with van der Waals surface area (Å²) in [5.74, 6) is 1.19. The van der Waals surface area contributed by atoms with Gasteiger partial charge in [-0.15, -0.1) is 0 Å². The third-order valence-electron chi connectivity index (χ3n) is 5.41. The first kappa shape index (κ1) is 22.0. The van der Waals surface area contributed by atoms with E-state index in [1.165, 1.54) is 0 Å². The molecule has 0 spiro atoms. The van der Waals surface area contributed by atoms with E-state index in [1.54, 1.807) is 43.0 Å². The maximum absolute atomic E-state index is 12.8. The van der Waals surface area contributed by atoms with E-state index in [9.17, 15) is 14.4 Å². The van der Waals surface area contributed by atoms with Crippen LogP contribution >= 0.6 is 23.4 Å². The van der Waals surface area contributed by atoms with Crippen LogP contribution in [0, 0.1) is 0 Å². The smallest absolute Gasteiger partial charge is 0.252 e. The predicted molar refractivity (Wildman–Crippen MR) is 116 cm³/mol. The molecule has 0 atom stereocenters. The van der Waals surface area contributed by atoms with E-state index in [0.717, 1.165) is 38.8 Å². The number of halogens is 1. The van der Waals surface area contributed by atoms with E-state index in [4.69, 9.17) is 11.6 Å². The van der Waals surface area contributed by atoms with Crippen molar-refractivity contribution in [2.45, 2.75) is 44.7 Å². The Hall–Kier alpha value is -1.73. The van der Waals surface area contributed by atoms with E-state index in [-0.39, 0.29) is 23.8 Å². The molecule has 29 heavy (non-hydrogen) atoms. The maximum Gasteiger partial charge on any atom is 0.252 e. The van der Waals surface area contributed by atoms with Gasteiger partial charge in [0.1, 0.15) is 0 Å². The van der Waals surface area contributed by atoms with E-state index in [2.05, 4.69) is 10.2 Å². The number of piperidine rings is 1. The Morgan fingerprint density at radius 2 is 1.79 bits per heavy atom. The van der Waals surface area contributed by atoms with Crippen LogP contribution in [-0.2, 0) is 9.59 Å². The van der Waals surface area contributed by atoms with Crippen LogP contribution < -0.4 is 5.32 Å². The van der Waals surface area contributed by atoms with Crippen molar-refractivity contribution in [1.29, 1.82) is 0 Å². The summed E-state index contributed by atoms with van der Waals surface area (Å²) in [7, 11) is 0. The summed E-state index contributed by atoms with van der Waals surface area (Å²) >= 11 is 7.58. The Morgan fingerprint density at radius 3 is 2.41 bits per heavy atom. The maximum atomic E-state index is 12.8. The molecule has 6 nitrogen and oxygen atoms in total. The number of carbonyl (C=O) groups is 3. The van der Waals surface area contributed by atoms with Crippen LogP contribution in [0.2, 0.25) is 5.02 Å². The molecule has 1 aliphatic carbocycles. The second-order valence-electron chi connectivity index (χ2n) is 7.56. The highest BCUT2D eigenvalue weighted by Crippen LogP contribution is 2.32. The molecule has 1 saturated carbocycles. The van der Waals surface area contributed by atoms with Crippen LogP contribution in [0.3, 0.4) is 0 Å². The van der Waals surface area contributed by atoms with Crippen LogP contribution in [-0.4, -0.2) is 70.7 Å². The highest BCUT2D eigenvalue weighted by Gasteiger charge is 2.38. The van der Waals surface area contributed by atoms with Crippen molar-refractivity contribution in [1.82, 2.24) is 15.1 Å². The molecule has 2 fully saturated rings. The van der Waals surface area contributed by atoms with Gasteiger partial charge in [0.15, 0.2) is 0 Å². The minimum absolute atomic E-state index is 0.113. The number of carbonyl (C=O) groups excluding carboxylic acids is 3. The number of likely N-dealkylation sites (tertiary alicyclic amines) is 1. The summed E-state index contributed by atoms with van der Waals surface area (Å²) in [4.78, 5) is 40.4. The molecule has 1 aromatic rings. The zero-order valence-corrected chi connectivity index (χ0v) is 18.3. The molecule has 1 heterocycles.